The molecule has 7 heteroatoms. The summed E-state index contributed by atoms with van der Waals surface area (Å²) in [4.78, 5) is 13.5. The SMILES string of the molecule is Cc1ccc(N(C)C(=O)c2cn(C)nc2C(F)(F)F)cc1. The number of hydrogen-bond donors (Lipinski definition) is 0. The highest BCUT2D eigenvalue weighted by Crippen LogP contribution is 2.31. The number of aryl methyl sites for hydroxylation is 2. The quantitative estimate of drug-likeness (QED) is 0.854. The Kier molecular flexibility index (Phi) is 3.76. The second-order valence-corrected chi connectivity index (χ2v) is 4.76. The third-order valence-electron chi connectivity index (χ3n) is 3.05. The molecule has 0 unspecified atom stereocenters. The van der Waals surface area contributed by atoms with E-state index >= 15 is 0 Å². The summed E-state index contributed by atoms with van der Waals surface area (Å²) in [6, 6.07) is 6.92. The summed E-state index contributed by atoms with van der Waals surface area (Å²) in [5, 5.41) is 3.34. The second-order valence-electron chi connectivity index (χ2n) is 4.76. The summed E-state index contributed by atoms with van der Waals surface area (Å²) in [7, 11) is 2.78. The smallest absolute Gasteiger partial charge is 0.311 e. The maximum absolute atomic E-state index is 12.9. The maximum atomic E-state index is 12.9. The number of carbonyl (C=O) groups is 1. The molecule has 0 N–H and O–H groups in total. The van der Waals surface area contributed by atoms with Crippen LogP contribution in [0.25, 0.3) is 0 Å². The number of halogens is 3. The van der Waals surface area contributed by atoms with Crippen LogP contribution in [0.5, 0.6) is 0 Å². The summed E-state index contributed by atoms with van der Waals surface area (Å²) in [5.74, 6) is -0.751. The van der Waals surface area contributed by atoms with Crippen LogP contribution in [0.15, 0.2) is 30.5 Å². The third kappa shape index (κ3) is 3.07. The van der Waals surface area contributed by atoms with Gasteiger partial charge in [-0.25, -0.2) is 0 Å². The van der Waals surface area contributed by atoms with Gasteiger partial charge in [0.1, 0.15) is 0 Å². The van der Waals surface area contributed by atoms with Crippen LogP contribution in [-0.4, -0.2) is 22.7 Å². The van der Waals surface area contributed by atoms with Crippen LogP contribution < -0.4 is 4.90 Å². The number of carbonyl (C=O) groups excluding carboxylic acids is 1. The molecule has 1 aromatic heterocycles. The van der Waals surface area contributed by atoms with Crippen LogP contribution in [0.4, 0.5) is 18.9 Å². The number of aromatic nitrogens is 2. The first-order chi connectivity index (χ1) is 9.70. The van der Waals surface area contributed by atoms with E-state index in [1.54, 1.807) is 24.3 Å². The molecule has 0 aliphatic rings. The van der Waals surface area contributed by atoms with E-state index in [9.17, 15) is 18.0 Å². The minimum Gasteiger partial charge on any atom is -0.311 e. The molecule has 0 bridgehead atoms. The number of anilines is 1. The Bertz CT molecular complexity index is 659. The Labute approximate surface area is 119 Å². The van der Waals surface area contributed by atoms with Crippen molar-refractivity contribution in [1.82, 2.24) is 9.78 Å². The number of nitrogens with zero attached hydrogens (tertiary/aromatic N) is 3. The largest absolute Gasteiger partial charge is 0.435 e. The van der Waals surface area contributed by atoms with E-state index in [0.717, 1.165) is 16.4 Å². The van der Waals surface area contributed by atoms with Gasteiger partial charge in [-0.15, -0.1) is 0 Å². The standard InChI is InChI=1S/C14H14F3N3O/c1-9-4-6-10(7-5-9)20(3)13(21)11-8-19(2)18-12(11)14(15,16)17/h4-8H,1-3H3. The van der Waals surface area contributed by atoms with Gasteiger partial charge >= 0.3 is 6.18 Å². The van der Waals surface area contributed by atoms with Crippen molar-refractivity contribution in [1.29, 1.82) is 0 Å². The molecule has 0 aliphatic heterocycles. The molecule has 112 valence electrons. The van der Waals surface area contributed by atoms with Gasteiger partial charge in [-0.3, -0.25) is 9.48 Å². The lowest BCUT2D eigenvalue weighted by Crippen LogP contribution is -2.28. The van der Waals surface area contributed by atoms with Crippen molar-refractivity contribution in [3.8, 4) is 0 Å². The first-order valence-electron chi connectivity index (χ1n) is 6.15. The van der Waals surface area contributed by atoms with Gasteiger partial charge in [0.2, 0.25) is 0 Å². The molecule has 21 heavy (non-hydrogen) atoms. The highest BCUT2D eigenvalue weighted by Gasteiger charge is 2.39. The zero-order valence-electron chi connectivity index (χ0n) is 11.8. The molecule has 0 fully saturated rings. The molecule has 0 spiro atoms. The van der Waals surface area contributed by atoms with E-state index in [4.69, 9.17) is 0 Å². The summed E-state index contributed by atoms with van der Waals surface area (Å²) in [5.41, 5.74) is -0.124. The highest BCUT2D eigenvalue weighted by atomic mass is 19.4. The van der Waals surface area contributed by atoms with Crippen molar-refractivity contribution in [2.45, 2.75) is 13.1 Å². The first kappa shape index (κ1) is 15.1. The molecule has 2 rings (SSSR count). The van der Waals surface area contributed by atoms with Crippen molar-refractivity contribution >= 4 is 11.6 Å². The van der Waals surface area contributed by atoms with Gasteiger partial charge < -0.3 is 4.90 Å². The van der Waals surface area contributed by atoms with Gasteiger partial charge in [0, 0.05) is 26.0 Å². The van der Waals surface area contributed by atoms with Crippen LogP contribution in [0.3, 0.4) is 0 Å². The lowest BCUT2D eigenvalue weighted by molar-refractivity contribution is -0.141. The number of benzene rings is 1. The highest BCUT2D eigenvalue weighted by molar-refractivity contribution is 6.06. The summed E-state index contributed by atoms with van der Waals surface area (Å²) in [6.45, 7) is 1.88. The molecule has 0 aliphatic carbocycles. The van der Waals surface area contributed by atoms with E-state index < -0.39 is 23.3 Å². The number of alkyl halides is 3. The van der Waals surface area contributed by atoms with Crippen LogP contribution in [0, 0.1) is 6.92 Å². The summed E-state index contributed by atoms with van der Waals surface area (Å²) < 4.78 is 39.7. The van der Waals surface area contributed by atoms with Gasteiger partial charge in [0.15, 0.2) is 5.69 Å². The fourth-order valence-electron chi connectivity index (χ4n) is 1.92. The van der Waals surface area contributed by atoms with Crippen molar-refractivity contribution in [3.63, 3.8) is 0 Å². The predicted octanol–water partition coefficient (Wildman–Crippen LogP) is 3.02. The Balaban J connectivity index is 2.38. The first-order valence-corrected chi connectivity index (χ1v) is 6.15. The van der Waals surface area contributed by atoms with E-state index in [2.05, 4.69) is 5.10 Å². The average molecular weight is 297 g/mol. The molecule has 0 atom stereocenters. The Morgan fingerprint density at radius 2 is 1.81 bits per heavy atom. The molecular weight excluding hydrogens is 283 g/mol. The molecular formula is C14H14F3N3O. The summed E-state index contributed by atoms with van der Waals surface area (Å²) in [6.07, 6.45) is -3.59. The van der Waals surface area contributed by atoms with Crippen molar-refractivity contribution in [2.24, 2.45) is 7.05 Å². The Hall–Kier alpha value is -2.31. The van der Waals surface area contributed by atoms with Gasteiger partial charge in [0.05, 0.1) is 5.56 Å². The molecule has 4 nitrogen and oxygen atoms in total. The molecule has 1 heterocycles. The van der Waals surface area contributed by atoms with Gasteiger partial charge in [-0.1, -0.05) is 17.7 Å². The molecule has 2 aromatic rings. The topological polar surface area (TPSA) is 38.1 Å². The van der Waals surface area contributed by atoms with Gasteiger partial charge in [0.25, 0.3) is 5.91 Å². The minimum atomic E-state index is -4.67. The molecule has 0 radical (unpaired) electrons. The average Bonchev–Trinajstić information content (AvgIpc) is 2.80. The molecule has 1 amide bonds. The van der Waals surface area contributed by atoms with Crippen LogP contribution in [0.2, 0.25) is 0 Å². The summed E-state index contributed by atoms with van der Waals surface area (Å²) >= 11 is 0. The normalized spacial score (nSPS) is 11.5. The zero-order valence-corrected chi connectivity index (χ0v) is 11.8. The Morgan fingerprint density at radius 1 is 1.24 bits per heavy atom. The fraction of sp³-hybridized carbons (Fsp3) is 0.286. The number of rotatable bonds is 2. The van der Waals surface area contributed by atoms with Gasteiger partial charge in [-0.2, -0.15) is 18.3 Å². The Morgan fingerprint density at radius 3 is 2.33 bits per heavy atom. The van der Waals surface area contributed by atoms with E-state index in [1.165, 1.54) is 19.0 Å². The van der Waals surface area contributed by atoms with Crippen molar-refractivity contribution in [2.75, 3.05) is 11.9 Å². The van der Waals surface area contributed by atoms with Crippen molar-refractivity contribution < 1.29 is 18.0 Å². The third-order valence-corrected chi connectivity index (χ3v) is 3.05. The molecule has 0 saturated carbocycles. The van der Waals surface area contributed by atoms with E-state index in [0.29, 0.717) is 5.69 Å². The fourth-order valence-corrected chi connectivity index (χ4v) is 1.92. The van der Waals surface area contributed by atoms with Crippen LogP contribution in [0.1, 0.15) is 21.6 Å². The lowest BCUT2D eigenvalue weighted by atomic mass is 10.2. The van der Waals surface area contributed by atoms with Crippen LogP contribution >= 0.6 is 0 Å². The zero-order chi connectivity index (χ0) is 15.8. The minimum absolute atomic E-state index is 0.465. The molecule has 0 saturated heterocycles. The lowest BCUT2D eigenvalue weighted by Gasteiger charge is -2.17. The number of amides is 1. The molecule has 1 aromatic carbocycles. The predicted molar refractivity (Wildman–Crippen MR) is 72.1 cm³/mol. The number of hydrogen-bond acceptors (Lipinski definition) is 2. The second kappa shape index (κ2) is 5.23. The van der Waals surface area contributed by atoms with Gasteiger partial charge in [-0.05, 0) is 19.1 Å². The monoisotopic (exact) mass is 297 g/mol. The maximum Gasteiger partial charge on any atom is 0.435 e. The van der Waals surface area contributed by atoms with Crippen molar-refractivity contribution in [3.05, 3.63) is 47.3 Å². The van der Waals surface area contributed by atoms with E-state index in [-0.39, 0.29) is 0 Å². The van der Waals surface area contributed by atoms with E-state index in [1.807, 2.05) is 6.92 Å². The van der Waals surface area contributed by atoms with Crippen LogP contribution in [-0.2, 0) is 13.2 Å².